The average molecular weight is 561 g/mol. The topological polar surface area (TPSA) is 65.5 Å². The third-order valence-electron chi connectivity index (χ3n) is 8.98. The Kier molecular flexibility index (Phi) is 8.61. The van der Waals surface area contributed by atoms with Crippen LogP contribution in [0.4, 0.5) is 0 Å². The van der Waals surface area contributed by atoms with Crippen LogP contribution < -0.4 is 5.32 Å². The van der Waals surface area contributed by atoms with Crippen molar-refractivity contribution >= 4 is 22.7 Å². The molecule has 42 heavy (non-hydrogen) atoms. The summed E-state index contributed by atoms with van der Waals surface area (Å²) < 4.78 is 0. The van der Waals surface area contributed by atoms with Crippen LogP contribution in [0.5, 0.6) is 0 Å². The molecule has 1 saturated carbocycles. The Morgan fingerprint density at radius 1 is 0.881 bits per heavy atom. The van der Waals surface area contributed by atoms with E-state index in [1.165, 1.54) is 19.3 Å². The van der Waals surface area contributed by atoms with E-state index < -0.39 is 0 Å². The zero-order chi connectivity index (χ0) is 28.9. The SMILES string of the molecule is C[C@H](NC(=O)c1c(CN2CCN(Cc3ccccc3)C(=O)C2)c(-c2ccccc2)nc2ccccc12)C1CCCCC1. The van der Waals surface area contributed by atoms with Crippen LogP contribution in [0.3, 0.4) is 0 Å². The first-order valence-electron chi connectivity index (χ1n) is 15.4. The fraction of sp³-hybridized carbons (Fsp3) is 0.361. The number of aromatic nitrogens is 1. The van der Waals surface area contributed by atoms with Gasteiger partial charge in [-0.25, -0.2) is 4.98 Å². The molecule has 4 aromatic rings. The van der Waals surface area contributed by atoms with Crippen molar-refractivity contribution in [2.24, 2.45) is 5.92 Å². The van der Waals surface area contributed by atoms with Crippen LogP contribution in [-0.2, 0) is 17.9 Å². The molecular formula is C36H40N4O2. The summed E-state index contributed by atoms with van der Waals surface area (Å²) in [5.41, 5.74) is 5.29. The predicted octanol–water partition coefficient (Wildman–Crippen LogP) is 6.44. The van der Waals surface area contributed by atoms with Crippen molar-refractivity contribution in [3.63, 3.8) is 0 Å². The molecule has 2 fully saturated rings. The number of para-hydroxylation sites is 1. The molecule has 6 nitrogen and oxygen atoms in total. The molecular weight excluding hydrogens is 520 g/mol. The number of hydrogen-bond donors (Lipinski definition) is 1. The first-order chi connectivity index (χ1) is 20.6. The molecule has 0 unspecified atom stereocenters. The fourth-order valence-electron chi connectivity index (χ4n) is 6.62. The summed E-state index contributed by atoms with van der Waals surface area (Å²) in [4.78, 5) is 36.8. The summed E-state index contributed by atoms with van der Waals surface area (Å²) in [6.45, 7) is 4.95. The van der Waals surface area contributed by atoms with Gasteiger partial charge >= 0.3 is 0 Å². The highest BCUT2D eigenvalue weighted by Crippen LogP contribution is 2.33. The minimum absolute atomic E-state index is 0.0482. The van der Waals surface area contributed by atoms with E-state index in [1.807, 2.05) is 65.6 Å². The molecule has 0 radical (unpaired) electrons. The molecule has 1 aliphatic carbocycles. The molecule has 1 aliphatic heterocycles. The fourth-order valence-corrected chi connectivity index (χ4v) is 6.62. The van der Waals surface area contributed by atoms with Crippen molar-refractivity contribution in [2.75, 3.05) is 19.6 Å². The highest BCUT2D eigenvalue weighted by atomic mass is 16.2. The Morgan fingerprint density at radius 2 is 1.57 bits per heavy atom. The van der Waals surface area contributed by atoms with Gasteiger partial charge in [0.15, 0.2) is 0 Å². The van der Waals surface area contributed by atoms with Gasteiger partial charge in [-0.1, -0.05) is 98.1 Å². The van der Waals surface area contributed by atoms with E-state index in [1.54, 1.807) is 0 Å². The van der Waals surface area contributed by atoms with E-state index in [9.17, 15) is 9.59 Å². The van der Waals surface area contributed by atoms with Crippen molar-refractivity contribution in [3.8, 4) is 11.3 Å². The maximum atomic E-state index is 14.2. The van der Waals surface area contributed by atoms with Crippen LogP contribution in [0.25, 0.3) is 22.2 Å². The lowest BCUT2D eigenvalue weighted by Crippen LogP contribution is -2.49. The van der Waals surface area contributed by atoms with Crippen LogP contribution in [-0.4, -0.2) is 52.3 Å². The Bertz CT molecular complexity index is 1530. The van der Waals surface area contributed by atoms with Gasteiger partial charge in [0.05, 0.1) is 23.3 Å². The van der Waals surface area contributed by atoms with Crippen LogP contribution in [0.2, 0.25) is 0 Å². The minimum Gasteiger partial charge on any atom is -0.349 e. The van der Waals surface area contributed by atoms with Crippen LogP contribution in [0, 0.1) is 5.92 Å². The molecule has 6 rings (SSSR count). The number of nitrogens with one attached hydrogen (secondary N) is 1. The summed E-state index contributed by atoms with van der Waals surface area (Å²) in [6.07, 6.45) is 6.08. The monoisotopic (exact) mass is 560 g/mol. The molecule has 0 spiro atoms. The number of amides is 2. The normalized spacial score (nSPS) is 17.4. The van der Waals surface area contributed by atoms with Gasteiger partial charge in [0, 0.05) is 48.7 Å². The summed E-state index contributed by atoms with van der Waals surface area (Å²) in [6, 6.07) is 28.3. The first kappa shape index (κ1) is 28.1. The number of hydrogen-bond acceptors (Lipinski definition) is 4. The van der Waals surface area contributed by atoms with E-state index in [0.29, 0.717) is 37.7 Å². The minimum atomic E-state index is -0.0482. The Hall–Kier alpha value is -4.03. The maximum absolute atomic E-state index is 14.2. The van der Waals surface area contributed by atoms with Gasteiger partial charge in [-0.15, -0.1) is 0 Å². The van der Waals surface area contributed by atoms with Crippen molar-refractivity contribution in [3.05, 3.63) is 102 Å². The highest BCUT2D eigenvalue weighted by molar-refractivity contribution is 6.09. The third kappa shape index (κ3) is 6.24. The number of nitrogens with zero attached hydrogens (tertiary/aromatic N) is 3. The third-order valence-corrected chi connectivity index (χ3v) is 8.98. The molecule has 1 atom stereocenters. The molecule has 2 amide bonds. The van der Waals surface area contributed by atoms with E-state index in [2.05, 4.69) is 41.4 Å². The average Bonchev–Trinajstić information content (AvgIpc) is 3.03. The standard InChI is InChI=1S/C36H40N4O2/c1-26(28-15-7-3-8-16-28)37-36(42)34-30-19-11-12-20-32(30)38-35(29-17-9-4-10-18-29)31(34)24-39-21-22-40(33(41)25-39)23-27-13-5-2-6-14-27/h2,4-6,9-14,17-20,26,28H,3,7-8,15-16,21-25H2,1H3,(H,37,42)/t26-/m0/s1. The molecule has 1 saturated heterocycles. The van der Waals surface area contributed by atoms with Crippen LogP contribution in [0.1, 0.15) is 60.5 Å². The molecule has 6 heteroatoms. The summed E-state index contributed by atoms with van der Waals surface area (Å²) in [5.74, 6) is 0.563. The molecule has 3 aromatic carbocycles. The quantitative estimate of drug-likeness (QED) is 0.269. The zero-order valence-electron chi connectivity index (χ0n) is 24.5. The van der Waals surface area contributed by atoms with E-state index >= 15 is 0 Å². The van der Waals surface area contributed by atoms with Gasteiger partial charge in [0.2, 0.25) is 5.91 Å². The molecule has 216 valence electrons. The van der Waals surface area contributed by atoms with Crippen molar-refractivity contribution in [2.45, 2.75) is 58.2 Å². The lowest BCUT2D eigenvalue weighted by Gasteiger charge is -2.35. The Morgan fingerprint density at radius 3 is 2.31 bits per heavy atom. The van der Waals surface area contributed by atoms with Gasteiger partial charge in [-0.05, 0) is 37.3 Å². The Balaban J connectivity index is 1.34. The van der Waals surface area contributed by atoms with Gasteiger partial charge in [-0.3, -0.25) is 14.5 Å². The Labute approximate surface area is 248 Å². The molecule has 2 aliphatic rings. The molecule has 1 aromatic heterocycles. The molecule has 2 heterocycles. The summed E-state index contributed by atoms with van der Waals surface area (Å²) in [7, 11) is 0. The van der Waals surface area contributed by atoms with Crippen molar-refractivity contribution < 1.29 is 9.59 Å². The van der Waals surface area contributed by atoms with Gasteiger partial charge < -0.3 is 10.2 Å². The van der Waals surface area contributed by atoms with Crippen molar-refractivity contribution in [1.82, 2.24) is 20.1 Å². The molecule has 0 bridgehead atoms. The lowest BCUT2D eigenvalue weighted by molar-refractivity contribution is -0.136. The van der Waals surface area contributed by atoms with E-state index in [4.69, 9.17) is 4.98 Å². The second-order valence-electron chi connectivity index (χ2n) is 11.9. The van der Waals surface area contributed by atoms with E-state index in [0.717, 1.165) is 52.7 Å². The first-order valence-corrected chi connectivity index (χ1v) is 15.4. The van der Waals surface area contributed by atoms with Gasteiger partial charge in [-0.2, -0.15) is 0 Å². The number of pyridine rings is 1. The number of carbonyl (C=O) groups is 2. The van der Waals surface area contributed by atoms with E-state index in [-0.39, 0.29) is 17.9 Å². The van der Waals surface area contributed by atoms with Crippen molar-refractivity contribution in [1.29, 1.82) is 0 Å². The number of benzene rings is 3. The van der Waals surface area contributed by atoms with Gasteiger partial charge in [0.25, 0.3) is 5.91 Å². The summed E-state index contributed by atoms with van der Waals surface area (Å²) >= 11 is 0. The number of piperazine rings is 1. The largest absolute Gasteiger partial charge is 0.349 e. The second kappa shape index (κ2) is 12.9. The van der Waals surface area contributed by atoms with Crippen LogP contribution >= 0.6 is 0 Å². The smallest absolute Gasteiger partial charge is 0.252 e. The highest BCUT2D eigenvalue weighted by Gasteiger charge is 2.29. The number of carbonyl (C=O) groups excluding carboxylic acids is 2. The maximum Gasteiger partial charge on any atom is 0.252 e. The molecule has 1 N–H and O–H groups in total. The van der Waals surface area contributed by atoms with Gasteiger partial charge in [0.1, 0.15) is 0 Å². The lowest BCUT2D eigenvalue weighted by atomic mass is 9.84. The number of rotatable bonds is 8. The summed E-state index contributed by atoms with van der Waals surface area (Å²) in [5, 5.41) is 4.25. The predicted molar refractivity (Wildman–Crippen MR) is 168 cm³/mol. The van der Waals surface area contributed by atoms with Crippen LogP contribution in [0.15, 0.2) is 84.9 Å². The zero-order valence-corrected chi connectivity index (χ0v) is 24.5. The number of fused-ring (bicyclic) bond motifs is 1. The second-order valence-corrected chi connectivity index (χ2v) is 11.9.